The number of hydrogen-bond donors (Lipinski definition) is 1. The van der Waals surface area contributed by atoms with Crippen molar-refractivity contribution >= 4 is 11.8 Å². The highest BCUT2D eigenvalue weighted by Crippen LogP contribution is 2.33. The van der Waals surface area contributed by atoms with Crippen molar-refractivity contribution in [2.24, 2.45) is 11.8 Å². The number of fused-ring (bicyclic) bond motifs is 1. The molecule has 3 rings (SSSR count). The van der Waals surface area contributed by atoms with Crippen LogP contribution in [0.15, 0.2) is 6.07 Å². The van der Waals surface area contributed by atoms with E-state index < -0.39 is 0 Å². The van der Waals surface area contributed by atoms with Gasteiger partial charge >= 0.3 is 0 Å². The van der Waals surface area contributed by atoms with Gasteiger partial charge in [-0.1, -0.05) is 20.8 Å². The Morgan fingerprint density at radius 2 is 1.70 bits per heavy atom. The highest BCUT2D eigenvalue weighted by molar-refractivity contribution is 5.46. The number of anilines is 2. The molecule has 110 valence electrons. The molecule has 2 fully saturated rings. The van der Waals surface area contributed by atoms with E-state index in [1.165, 1.54) is 13.1 Å². The minimum atomic E-state index is 0.00161. The Balaban J connectivity index is 1.83. The van der Waals surface area contributed by atoms with Crippen LogP contribution >= 0.6 is 0 Å². The molecule has 0 amide bonds. The van der Waals surface area contributed by atoms with Crippen LogP contribution in [0.3, 0.4) is 0 Å². The summed E-state index contributed by atoms with van der Waals surface area (Å²) in [6.07, 6.45) is 0. The molecule has 2 N–H and O–H groups in total. The smallest absolute Gasteiger partial charge is 0.222 e. The quantitative estimate of drug-likeness (QED) is 0.838. The fraction of sp³-hybridized carbons (Fsp3) is 0.733. The van der Waals surface area contributed by atoms with Crippen molar-refractivity contribution in [3.8, 4) is 0 Å². The second kappa shape index (κ2) is 4.58. The Morgan fingerprint density at radius 3 is 2.25 bits per heavy atom. The van der Waals surface area contributed by atoms with Crippen molar-refractivity contribution in [1.82, 2.24) is 14.9 Å². The molecular formula is C15H25N5. The van der Waals surface area contributed by atoms with E-state index in [0.717, 1.165) is 36.4 Å². The van der Waals surface area contributed by atoms with Crippen LogP contribution in [0.1, 0.15) is 26.5 Å². The molecule has 3 heterocycles. The average molecular weight is 275 g/mol. The van der Waals surface area contributed by atoms with Gasteiger partial charge in [0.15, 0.2) is 0 Å². The Labute approximate surface area is 121 Å². The van der Waals surface area contributed by atoms with Crippen LogP contribution in [0.2, 0.25) is 0 Å². The molecular weight excluding hydrogens is 250 g/mol. The molecule has 0 saturated carbocycles. The number of nitrogens with two attached hydrogens (primary N) is 1. The molecule has 2 saturated heterocycles. The molecule has 1 aromatic rings. The molecule has 2 aliphatic rings. The standard InChI is InChI=1S/C15H25N5/c1-15(2,3)12-5-13(18-14(16)17-12)20-8-10-6-19(4)7-11(10)9-20/h5,10-11H,6-9H2,1-4H3,(H2,16,17,18). The van der Waals surface area contributed by atoms with Gasteiger partial charge in [-0.2, -0.15) is 4.98 Å². The largest absolute Gasteiger partial charge is 0.368 e. The Kier molecular flexibility index (Phi) is 3.12. The molecule has 0 bridgehead atoms. The van der Waals surface area contributed by atoms with Gasteiger partial charge in [0.1, 0.15) is 5.82 Å². The molecule has 0 spiro atoms. The topological polar surface area (TPSA) is 58.3 Å². The van der Waals surface area contributed by atoms with Gasteiger partial charge in [0.2, 0.25) is 5.95 Å². The van der Waals surface area contributed by atoms with E-state index in [2.05, 4.69) is 53.7 Å². The number of rotatable bonds is 1. The first-order valence-corrected chi connectivity index (χ1v) is 7.41. The zero-order chi connectivity index (χ0) is 14.5. The van der Waals surface area contributed by atoms with Crippen LogP contribution in [-0.4, -0.2) is 48.1 Å². The van der Waals surface area contributed by atoms with Crippen molar-refractivity contribution < 1.29 is 0 Å². The predicted octanol–water partition coefficient (Wildman–Crippen LogP) is 1.35. The fourth-order valence-electron chi connectivity index (χ4n) is 3.41. The third-order valence-corrected chi connectivity index (χ3v) is 4.49. The lowest BCUT2D eigenvalue weighted by Gasteiger charge is -2.24. The predicted molar refractivity (Wildman–Crippen MR) is 81.8 cm³/mol. The summed E-state index contributed by atoms with van der Waals surface area (Å²) in [6.45, 7) is 11.1. The van der Waals surface area contributed by atoms with Crippen LogP contribution in [0.4, 0.5) is 11.8 Å². The number of aromatic nitrogens is 2. The maximum Gasteiger partial charge on any atom is 0.222 e. The third-order valence-electron chi connectivity index (χ3n) is 4.49. The summed E-state index contributed by atoms with van der Waals surface area (Å²) in [5.74, 6) is 2.93. The lowest BCUT2D eigenvalue weighted by molar-refractivity contribution is 0.387. The summed E-state index contributed by atoms with van der Waals surface area (Å²) >= 11 is 0. The van der Waals surface area contributed by atoms with Gasteiger partial charge in [-0.05, 0) is 18.9 Å². The number of likely N-dealkylation sites (tertiary alicyclic amines) is 1. The van der Waals surface area contributed by atoms with Gasteiger partial charge in [0, 0.05) is 37.7 Å². The number of nitrogen functional groups attached to an aromatic ring is 1. The molecule has 2 unspecified atom stereocenters. The molecule has 0 radical (unpaired) electrons. The van der Waals surface area contributed by atoms with E-state index in [1.54, 1.807) is 0 Å². The van der Waals surface area contributed by atoms with E-state index in [9.17, 15) is 0 Å². The highest BCUT2D eigenvalue weighted by Gasteiger charge is 2.39. The first-order valence-electron chi connectivity index (χ1n) is 7.41. The molecule has 0 aromatic carbocycles. The second-order valence-electron chi connectivity index (χ2n) is 7.37. The molecule has 20 heavy (non-hydrogen) atoms. The van der Waals surface area contributed by atoms with Gasteiger partial charge in [0.05, 0.1) is 5.69 Å². The SMILES string of the molecule is CN1CC2CN(c3cc(C(C)(C)C)nc(N)n3)CC2C1. The van der Waals surface area contributed by atoms with Crippen molar-refractivity contribution in [3.63, 3.8) is 0 Å². The van der Waals surface area contributed by atoms with Gasteiger partial charge in [-0.25, -0.2) is 4.98 Å². The molecule has 1 aromatic heterocycles. The zero-order valence-corrected chi connectivity index (χ0v) is 12.9. The summed E-state index contributed by atoms with van der Waals surface area (Å²) in [4.78, 5) is 13.7. The van der Waals surface area contributed by atoms with E-state index in [-0.39, 0.29) is 5.41 Å². The van der Waals surface area contributed by atoms with Crippen molar-refractivity contribution in [2.75, 3.05) is 43.9 Å². The summed E-state index contributed by atoms with van der Waals surface area (Å²) in [5.41, 5.74) is 6.93. The van der Waals surface area contributed by atoms with Gasteiger partial charge < -0.3 is 15.5 Å². The first kappa shape index (κ1) is 13.6. The lowest BCUT2D eigenvalue weighted by Crippen LogP contribution is -2.28. The summed E-state index contributed by atoms with van der Waals surface area (Å²) < 4.78 is 0. The molecule has 2 atom stereocenters. The van der Waals surface area contributed by atoms with E-state index in [0.29, 0.717) is 5.95 Å². The molecule has 5 heteroatoms. The summed E-state index contributed by atoms with van der Waals surface area (Å²) in [7, 11) is 2.21. The molecule has 5 nitrogen and oxygen atoms in total. The summed E-state index contributed by atoms with van der Waals surface area (Å²) in [5, 5.41) is 0. The molecule has 2 aliphatic heterocycles. The number of nitrogens with zero attached hydrogens (tertiary/aromatic N) is 4. The maximum absolute atomic E-state index is 5.90. The van der Waals surface area contributed by atoms with Crippen LogP contribution < -0.4 is 10.6 Å². The van der Waals surface area contributed by atoms with Crippen LogP contribution in [0.5, 0.6) is 0 Å². The van der Waals surface area contributed by atoms with Gasteiger partial charge in [-0.3, -0.25) is 0 Å². The minimum Gasteiger partial charge on any atom is -0.368 e. The average Bonchev–Trinajstić information content (AvgIpc) is 2.84. The van der Waals surface area contributed by atoms with Crippen molar-refractivity contribution in [1.29, 1.82) is 0 Å². The maximum atomic E-state index is 5.90. The Morgan fingerprint density at radius 1 is 1.10 bits per heavy atom. The van der Waals surface area contributed by atoms with Gasteiger partial charge in [0.25, 0.3) is 0 Å². The summed E-state index contributed by atoms with van der Waals surface area (Å²) in [6, 6.07) is 2.11. The van der Waals surface area contributed by atoms with E-state index in [1.807, 2.05) is 0 Å². The zero-order valence-electron chi connectivity index (χ0n) is 12.9. The van der Waals surface area contributed by atoms with E-state index in [4.69, 9.17) is 5.73 Å². The van der Waals surface area contributed by atoms with E-state index >= 15 is 0 Å². The first-order chi connectivity index (χ1) is 9.33. The normalized spacial score (nSPS) is 27.1. The van der Waals surface area contributed by atoms with Crippen LogP contribution in [-0.2, 0) is 5.41 Å². The molecule has 0 aliphatic carbocycles. The second-order valence-corrected chi connectivity index (χ2v) is 7.37. The Hall–Kier alpha value is -1.36. The third kappa shape index (κ3) is 2.46. The van der Waals surface area contributed by atoms with Crippen LogP contribution in [0, 0.1) is 11.8 Å². The van der Waals surface area contributed by atoms with Gasteiger partial charge in [-0.15, -0.1) is 0 Å². The minimum absolute atomic E-state index is 0.00161. The highest BCUT2D eigenvalue weighted by atomic mass is 15.3. The van der Waals surface area contributed by atoms with Crippen molar-refractivity contribution in [2.45, 2.75) is 26.2 Å². The lowest BCUT2D eigenvalue weighted by atomic mass is 9.92. The Bertz CT molecular complexity index is 493. The fourth-order valence-corrected chi connectivity index (χ4v) is 3.41. The monoisotopic (exact) mass is 275 g/mol. The number of hydrogen-bond acceptors (Lipinski definition) is 5. The van der Waals surface area contributed by atoms with Crippen LogP contribution in [0.25, 0.3) is 0 Å². The van der Waals surface area contributed by atoms with Crippen molar-refractivity contribution in [3.05, 3.63) is 11.8 Å².